The first kappa shape index (κ1) is 15.7. The fourth-order valence-electron chi connectivity index (χ4n) is 3.65. The van der Waals surface area contributed by atoms with Gasteiger partial charge < -0.3 is 15.4 Å². The maximum absolute atomic E-state index is 6.04. The van der Waals surface area contributed by atoms with Crippen molar-refractivity contribution in [3.05, 3.63) is 24.3 Å². The zero-order valence-electron chi connectivity index (χ0n) is 13.7. The highest BCUT2D eigenvalue weighted by atomic mass is 16.5. The van der Waals surface area contributed by atoms with Crippen molar-refractivity contribution in [2.75, 3.05) is 25.0 Å². The molecule has 3 nitrogen and oxygen atoms in total. The zero-order chi connectivity index (χ0) is 15.0. The van der Waals surface area contributed by atoms with Crippen molar-refractivity contribution in [1.29, 1.82) is 0 Å². The molecule has 22 heavy (non-hydrogen) atoms. The van der Waals surface area contributed by atoms with E-state index in [1.165, 1.54) is 44.2 Å². The van der Waals surface area contributed by atoms with Crippen molar-refractivity contribution in [1.82, 2.24) is 5.32 Å². The second kappa shape index (κ2) is 8.42. The monoisotopic (exact) mass is 302 g/mol. The number of nitrogens with one attached hydrogen (secondary N) is 2. The Morgan fingerprint density at radius 2 is 1.68 bits per heavy atom. The lowest BCUT2D eigenvalue weighted by molar-refractivity contribution is 0.162. The van der Waals surface area contributed by atoms with Crippen molar-refractivity contribution < 1.29 is 4.74 Å². The Morgan fingerprint density at radius 3 is 2.41 bits per heavy atom. The summed E-state index contributed by atoms with van der Waals surface area (Å²) in [5.74, 6) is 1.95. The van der Waals surface area contributed by atoms with E-state index in [1.807, 2.05) is 0 Å². The number of hydrogen-bond donors (Lipinski definition) is 2. The number of benzene rings is 1. The fourth-order valence-corrected chi connectivity index (χ4v) is 3.65. The molecule has 0 aromatic heterocycles. The highest BCUT2D eigenvalue weighted by Crippen LogP contribution is 2.26. The van der Waals surface area contributed by atoms with Gasteiger partial charge in [-0.2, -0.15) is 0 Å². The molecule has 0 radical (unpaired) electrons. The van der Waals surface area contributed by atoms with Crippen molar-refractivity contribution in [3.63, 3.8) is 0 Å². The number of piperidine rings is 1. The number of anilines is 1. The molecule has 0 amide bonds. The Balaban J connectivity index is 1.39. The zero-order valence-corrected chi connectivity index (χ0v) is 13.7. The Kier molecular flexibility index (Phi) is 6.00. The third-order valence-corrected chi connectivity index (χ3v) is 5.05. The van der Waals surface area contributed by atoms with Gasteiger partial charge in [0, 0.05) is 12.2 Å². The SMILES string of the molecule is c1cc(OC2CCNCC2)ccc1NCCC1CCCCC1. The topological polar surface area (TPSA) is 33.3 Å². The van der Waals surface area contributed by atoms with Gasteiger partial charge in [0.25, 0.3) is 0 Å². The van der Waals surface area contributed by atoms with Crippen LogP contribution in [0, 0.1) is 5.92 Å². The van der Waals surface area contributed by atoms with Crippen molar-refractivity contribution in [2.45, 2.75) is 57.5 Å². The number of ether oxygens (including phenoxy) is 1. The van der Waals surface area contributed by atoms with Crippen molar-refractivity contribution >= 4 is 5.69 Å². The molecule has 2 aliphatic rings. The average Bonchev–Trinajstić information content (AvgIpc) is 2.58. The number of hydrogen-bond acceptors (Lipinski definition) is 3. The molecule has 1 aliphatic heterocycles. The predicted octanol–water partition coefficient (Wildman–Crippen LogP) is 4.20. The Morgan fingerprint density at radius 1 is 0.955 bits per heavy atom. The van der Waals surface area contributed by atoms with E-state index in [0.29, 0.717) is 6.10 Å². The van der Waals surface area contributed by atoms with E-state index in [2.05, 4.69) is 34.9 Å². The van der Waals surface area contributed by atoms with Gasteiger partial charge in [0.2, 0.25) is 0 Å². The minimum atomic E-state index is 0.381. The quantitative estimate of drug-likeness (QED) is 0.826. The minimum Gasteiger partial charge on any atom is -0.490 e. The molecule has 2 N–H and O–H groups in total. The molecule has 1 aliphatic carbocycles. The molecule has 0 atom stereocenters. The maximum atomic E-state index is 6.04. The van der Waals surface area contributed by atoms with Gasteiger partial charge in [0.05, 0.1) is 0 Å². The first-order chi connectivity index (χ1) is 10.9. The van der Waals surface area contributed by atoms with E-state index in [9.17, 15) is 0 Å². The molecular weight excluding hydrogens is 272 g/mol. The van der Waals surface area contributed by atoms with Gasteiger partial charge >= 0.3 is 0 Å². The van der Waals surface area contributed by atoms with E-state index in [1.54, 1.807) is 0 Å². The summed E-state index contributed by atoms with van der Waals surface area (Å²) in [6.45, 7) is 3.25. The summed E-state index contributed by atoms with van der Waals surface area (Å²) in [5.41, 5.74) is 1.22. The van der Waals surface area contributed by atoms with Gasteiger partial charge in [-0.1, -0.05) is 32.1 Å². The van der Waals surface area contributed by atoms with Crippen LogP contribution in [0.1, 0.15) is 51.4 Å². The van der Waals surface area contributed by atoms with Gasteiger partial charge in [0.15, 0.2) is 0 Å². The van der Waals surface area contributed by atoms with Gasteiger partial charge in [-0.25, -0.2) is 0 Å². The van der Waals surface area contributed by atoms with E-state index in [0.717, 1.165) is 44.1 Å². The van der Waals surface area contributed by atoms with Gasteiger partial charge in [-0.3, -0.25) is 0 Å². The maximum Gasteiger partial charge on any atom is 0.119 e. The van der Waals surface area contributed by atoms with Crippen molar-refractivity contribution in [3.8, 4) is 5.75 Å². The van der Waals surface area contributed by atoms with Gasteiger partial charge in [0.1, 0.15) is 11.9 Å². The van der Waals surface area contributed by atoms with Gasteiger partial charge in [-0.05, 0) is 62.5 Å². The lowest BCUT2D eigenvalue weighted by Gasteiger charge is -2.24. The molecule has 1 aromatic rings. The molecule has 1 saturated heterocycles. The third-order valence-electron chi connectivity index (χ3n) is 5.05. The van der Waals surface area contributed by atoms with Crippen LogP contribution in [0.15, 0.2) is 24.3 Å². The average molecular weight is 302 g/mol. The normalized spacial score (nSPS) is 20.7. The summed E-state index contributed by atoms with van der Waals surface area (Å²) >= 11 is 0. The molecule has 0 bridgehead atoms. The third kappa shape index (κ3) is 4.91. The summed E-state index contributed by atoms with van der Waals surface area (Å²) in [6, 6.07) is 8.50. The molecule has 1 heterocycles. The standard InChI is InChI=1S/C19H30N2O/c1-2-4-16(5-3-1)10-15-21-17-6-8-18(9-7-17)22-19-11-13-20-14-12-19/h6-9,16,19-21H,1-5,10-15H2. The van der Waals surface area contributed by atoms with E-state index in [4.69, 9.17) is 4.74 Å². The molecule has 1 aromatic carbocycles. The molecule has 3 heteroatoms. The minimum absolute atomic E-state index is 0.381. The Bertz CT molecular complexity index is 420. The smallest absolute Gasteiger partial charge is 0.119 e. The van der Waals surface area contributed by atoms with Crippen LogP contribution >= 0.6 is 0 Å². The molecule has 122 valence electrons. The van der Waals surface area contributed by atoms with Crippen LogP contribution in [0.5, 0.6) is 5.75 Å². The van der Waals surface area contributed by atoms with Crippen LogP contribution < -0.4 is 15.4 Å². The Hall–Kier alpha value is -1.22. The van der Waals surface area contributed by atoms with Gasteiger partial charge in [-0.15, -0.1) is 0 Å². The second-order valence-electron chi connectivity index (χ2n) is 6.81. The van der Waals surface area contributed by atoms with E-state index in [-0.39, 0.29) is 0 Å². The van der Waals surface area contributed by atoms with Crippen LogP contribution in [-0.4, -0.2) is 25.7 Å². The highest BCUT2D eigenvalue weighted by Gasteiger charge is 2.14. The van der Waals surface area contributed by atoms with Crippen LogP contribution in [0.2, 0.25) is 0 Å². The largest absolute Gasteiger partial charge is 0.490 e. The summed E-state index contributed by atoms with van der Waals surface area (Å²) < 4.78 is 6.04. The fraction of sp³-hybridized carbons (Fsp3) is 0.684. The molecule has 3 rings (SSSR count). The summed E-state index contributed by atoms with van der Waals surface area (Å²) in [4.78, 5) is 0. The predicted molar refractivity (Wildman–Crippen MR) is 92.6 cm³/mol. The molecule has 0 spiro atoms. The van der Waals surface area contributed by atoms with E-state index < -0.39 is 0 Å². The summed E-state index contributed by atoms with van der Waals surface area (Å²) in [7, 11) is 0. The highest BCUT2D eigenvalue weighted by molar-refractivity contribution is 5.46. The number of rotatable bonds is 6. The van der Waals surface area contributed by atoms with Crippen LogP contribution in [0.3, 0.4) is 0 Å². The molecule has 1 saturated carbocycles. The van der Waals surface area contributed by atoms with E-state index >= 15 is 0 Å². The van der Waals surface area contributed by atoms with Crippen LogP contribution in [-0.2, 0) is 0 Å². The first-order valence-corrected chi connectivity index (χ1v) is 9.11. The Labute approximate surface area is 134 Å². The lowest BCUT2D eigenvalue weighted by Crippen LogP contribution is -2.34. The lowest BCUT2D eigenvalue weighted by atomic mass is 9.87. The molecule has 2 fully saturated rings. The van der Waals surface area contributed by atoms with Crippen molar-refractivity contribution in [2.24, 2.45) is 5.92 Å². The summed E-state index contributed by atoms with van der Waals surface area (Å²) in [6.07, 6.45) is 11.1. The molecular formula is C19H30N2O. The van der Waals surface area contributed by atoms with Crippen LogP contribution in [0.4, 0.5) is 5.69 Å². The van der Waals surface area contributed by atoms with Crippen LogP contribution in [0.25, 0.3) is 0 Å². The summed E-state index contributed by atoms with van der Waals surface area (Å²) in [5, 5.41) is 6.93. The first-order valence-electron chi connectivity index (χ1n) is 9.11. The second-order valence-corrected chi connectivity index (χ2v) is 6.81. The molecule has 0 unspecified atom stereocenters.